The molecule has 2 atom stereocenters. The van der Waals surface area contributed by atoms with Crippen LogP contribution in [0.2, 0.25) is 0 Å². The van der Waals surface area contributed by atoms with Gasteiger partial charge in [0, 0.05) is 40.0 Å². The number of aromatic amines is 1. The molecular formula is C27H25N2O7-. The van der Waals surface area contributed by atoms with Gasteiger partial charge in [-0.2, -0.15) is 0 Å². The molecule has 4 aromatic rings. The highest BCUT2D eigenvalue weighted by Crippen LogP contribution is 2.33. The highest BCUT2D eigenvalue weighted by Gasteiger charge is 2.24. The first-order chi connectivity index (χ1) is 17.2. The fourth-order valence-electron chi connectivity index (χ4n) is 4.87. The lowest BCUT2D eigenvalue weighted by Gasteiger charge is -2.23. The summed E-state index contributed by atoms with van der Waals surface area (Å²) in [6.07, 6.45) is 2.99. The molecule has 0 saturated carbocycles. The topological polar surface area (TPSA) is 145 Å². The Hall–Kier alpha value is -4.27. The van der Waals surface area contributed by atoms with Crippen LogP contribution in [0, 0.1) is 6.92 Å². The predicted octanol–water partition coefficient (Wildman–Crippen LogP) is 2.02. The van der Waals surface area contributed by atoms with Crippen molar-refractivity contribution in [3.05, 3.63) is 69.2 Å². The standard InChI is InChI=1S/C27H26N2O7/c1-13-23(9-7-18-17-4-3-5-19(17)27(34)36-24(13)18)35-14(2)25(31)29-22(26(32)33)10-15-12-28-21-8-6-16(30)11-20(15)21/h6-9,11-12,14,22,28,30H,3-5,10H2,1-2H3,(H,29,31)(H,32,33)/p-1/t14-,22+/m1/s1. The number of hydrogen-bond donors (Lipinski definition) is 3. The molecule has 2 aromatic carbocycles. The summed E-state index contributed by atoms with van der Waals surface area (Å²) in [6.45, 7) is 3.26. The van der Waals surface area contributed by atoms with E-state index in [0.717, 1.165) is 34.9 Å². The van der Waals surface area contributed by atoms with Crippen LogP contribution >= 0.6 is 0 Å². The Balaban J connectivity index is 1.33. The number of nitrogens with one attached hydrogen (secondary N) is 2. The van der Waals surface area contributed by atoms with Gasteiger partial charge in [0.1, 0.15) is 17.1 Å². The summed E-state index contributed by atoms with van der Waals surface area (Å²) >= 11 is 0. The van der Waals surface area contributed by atoms with Crippen LogP contribution in [0.15, 0.2) is 45.7 Å². The van der Waals surface area contributed by atoms with Crippen LogP contribution in [0.3, 0.4) is 0 Å². The lowest BCUT2D eigenvalue weighted by molar-refractivity contribution is -0.308. The Morgan fingerprint density at radius 2 is 1.97 bits per heavy atom. The number of H-pyrrole nitrogens is 1. The predicted molar refractivity (Wildman–Crippen MR) is 130 cm³/mol. The van der Waals surface area contributed by atoms with Crippen molar-refractivity contribution >= 4 is 33.7 Å². The minimum atomic E-state index is -1.44. The van der Waals surface area contributed by atoms with Crippen LogP contribution in [0.25, 0.3) is 21.9 Å². The van der Waals surface area contributed by atoms with Crippen molar-refractivity contribution in [2.45, 2.75) is 51.7 Å². The van der Waals surface area contributed by atoms with E-state index in [2.05, 4.69) is 10.3 Å². The number of carboxylic acid groups (broad SMARTS) is 1. The van der Waals surface area contributed by atoms with Crippen LogP contribution in [0.5, 0.6) is 11.5 Å². The van der Waals surface area contributed by atoms with E-state index in [-0.39, 0.29) is 17.8 Å². The van der Waals surface area contributed by atoms with Gasteiger partial charge >= 0.3 is 5.63 Å². The van der Waals surface area contributed by atoms with Crippen molar-refractivity contribution in [1.82, 2.24) is 10.3 Å². The number of ether oxygens (including phenoxy) is 1. The number of phenols is 1. The number of fused-ring (bicyclic) bond motifs is 4. The highest BCUT2D eigenvalue weighted by molar-refractivity contribution is 5.89. The van der Waals surface area contributed by atoms with E-state index in [1.54, 1.807) is 25.3 Å². The van der Waals surface area contributed by atoms with Gasteiger partial charge in [-0.1, -0.05) is 0 Å². The van der Waals surface area contributed by atoms with Crippen LogP contribution in [0.1, 0.15) is 35.6 Å². The van der Waals surface area contributed by atoms with E-state index in [0.29, 0.717) is 34.3 Å². The molecule has 3 N–H and O–H groups in total. The summed E-state index contributed by atoms with van der Waals surface area (Å²) in [5.74, 6) is -1.67. The maximum absolute atomic E-state index is 12.8. The normalized spacial score (nSPS) is 14.5. The number of rotatable bonds is 7. The van der Waals surface area contributed by atoms with E-state index < -0.39 is 24.0 Å². The SMILES string of the molecule is Cc1c(O[C@H](C)C(=O)N[C@@H](Cc2c[nH]c3ccc(O)cc23)C(=O)[O-])ccc2c3c(c(=O)oc12)CCC3. The monoisotopic (exact) mass is 489 g/mol. The zero-order chi connectivity index (χ0) is 25.6. The fraction of sp³-hybridized carbons (Fsp3) is 0.296. The average molecular weight is 490 g/mol. The summed E-state index contributed by atoms with van der Waals surface area (Å²) in [5, 5.41) is 25.6. The van der Waals surface area contributed by atoms with Gasteiger partial charge in [-0.3, -0.25) is 4.79 Å². The quantitative estimate of drug-likeness (QED) is 0.337. The van der Waals surface area contributed by atoms with Gasteiger partial charge in [-0.05, 0) is 74.6 Å². The third-order valence-electron chi connectivity index (χ3n) is 6.79. The first-order valence-corrected chi connectivity index (χ1v) is 11.8. The Morgan fingerprint density at radius 1 is 1.19 bits per heavy atom. The molecular weight excluding hydrogens is 464 g/mol. The summed E-state index contributed by atoms with van der Waals surface area (Å²) in [5.41, 5.74) is 3.74. The maximum Gasteiger partial charge on any atom is 0.339 e. The Morgan fingerprint density at radius 3 is 2.75 bits per heavy atom. The molecule has 1 aliphatic rings. The summed E-state index contributed by atoms with van der Waals surface area (Å²) in [4.78, 5) is 40.0. The third kappa shape index (κ3) is 4.17. The zero-order valence-electron chi connectivity index (χ0n) is 19.8. The number of amides is 1. The lowest BCUT2D eigenvalue weighted by Crippen LogP contribution is -2.52. The zero-order valence-corrected chi connectivity index (χ0v) is 19.8. The second-order valence-corrected chi connectivity index (χ2v) is 9.15. The van der Waals surface area contributed by atoms with Gasteiger partial charge in [0.2, 0.25) is 0 Å². The van der Waals surface area contributed by atoms with Crippen molar-refractivity contribution < 1.29 is 29.0 Å². The molecule has 1 amide bonds. The molecule has 5 rings (SSSR count). The molecule has 1 aliphatic carbocycles. The van der Waals surface area contributed by atoms with Crippen molar-refractivity contribution in [3.8, 4) is 11.5 Å². The summed E-state index contributed by atoms with van der Waals surface area (Å²) < 4.78 is 11.4. The first kappa shape index (κ1) is 23.5. The Bertz CT molecular complexity index is 1570. The number of carbonyl (C=O) groups is 2. The van der Waals surface area contributed by atoms with Crippen molar-refractivity contribution in [1.29, 1.82) is 0 Å². The third-order valence-corrected chi connectivity index (χ3v) is 6.79. The average Bonchev–Trinajstić information content (AvgIpc) is 3.49. The fourth-order valence-corrected chi connectivity index (χ4v) is 4.87. The van der Waals surface area contributed by atoms with E-state index in [9.17, 15) is 24.6 Å². The highest BCUT2D eigenvalue weighted by atomic mass is 16.5. The van der Waals surface area contributed by atoms with Gasteiger partial charge in [0.25, 0.3) is 5.91 Å². The molecule has 0 saturated heterocycles. The van der Waals surface area contributed by atoms with Crippen molar-refractivity contribution in [2.75, 3.05) is 0 Å². The van der Waals surface area contributed by atoms with Gasteiger partial charge in [-0.15, -0.1) is 0 Å². The molecule has 36 heavy (non-hydrogen) atoms. The molecule has 0 fully saturated rings. The molecule has 9 nitrogen and oxygen atoms in total. The van der Waals surface area contributed by atoms with Gasteiger partial charge in [-0.25, -0.2) is 4.79 Å². The van der Waals surface area contributed by atoms with Gasteiger partial charge in [0.15, 0.2) is 6.10 Å². The number of aliphatic carboxylic acids is 1. The summed E-state index contributed by atoms with van der Waals surface area (Å²) in [6, 6.07) is 6.96. The second-order valence-electron chi connectivity index (χ2n) is 9.15. The largest absolute Gasteiger partial charge is 0.548 e. The molecule has 9 heteroatoms. The van der Waals surface area contributed by atoms with Gasteiger partial charge < -0.3 is 34.5 Å². The molecule has 0 aliphatic heterocycles. The molecule has 186 valence electrons. The van der Waals surface area contributed by atoms with E-state index in [4.69, 9.17) is 9.15 Å². The number of hydrogen-bond acceptors (Lipinski definition) is 7. The molecule has 0 bridgehead atoms. The summed E-state index contributed by atoms with van der Waals surface area (Å²) in [7, 11) is 0. The van der Waals surface area contributed by atoms with Gasteiger partial charge in [0.05, 0.1) is 12.0 Å². The number of aryl methyl sites for hydroxylation is 2. The lowest BCUT2D eigenvalue weighted by atomic mass is 10.0. The number of carbonyl (C=O) groups excluding carboxylic acids is 2. The van der Waals surface area contributed by atoms with Crippen molar-refractivity contribution in [2.24, 2.45) is 0 Å². The first-order valence-electron chi connectivity index (χ1n) is 11.8. The second kappa shape index (κ2) is 9.07. The minimum absolute atomic E-state index is 0.0461. The Kier molecular flexibility index (Phi) is 5.91. The number of carboxylic acids is 1. The molecule has 0 unspecified atom stereocenters. The number of benzene rings is 2. The molecule has 0 spiro atoms. The van der Waals surface area contributed by atoms with Crippen LogP contribution in [-0.2, 0) is 28.9 Å². The maximum atomic E-state index is 12.8. The van der Waals surface area contributed by atoms with E-state index in [1.165, 1.54) is 19.1 Å². The van der Waals surface area contributed by atoms with Crippen molar-refractivity contribution in [3.63, 3.8) is 0 Å². The van der Waals surface area contributed by atoms with E-state index >= 15 is 0 Å². The number of aromatic nitrogens is 1. The number of aromatic hydroxyl groups is 1. The molecule has 2 aromatic heterocycles. The number of phenolic OH excluding ortho intramolecular Hbond substituents is 1. The van der Waals surface area contributed by atoms with Crippen LogP contribution in [-0.4, -0.2) is 34.1 Å². The van der Waals surface area contributed by atoms with Crippen LogP contribution < -0.4 is 20.8 Å². The molecule has 0 radical (unpaired) electrons. The smallest absolute Gasteiger partial charge is 0.339 e. The van der Waals surface area contributed by atoms with Crippen LogP contribution in [0.4, 0.5) is 0 Å². The minimum Gasteiger partial charge on any atom is -0.548 e. The molecule has 2 heterocycles. The van der Waals surface area contributed by atoms with E-state index in [1.807, 2.05) is 6.07 Å². The Labute approximate surface area is 205 Å².